The topological polar surface area (TPSA) is 65.5 Å². The maximum absolute atomic E-state index is 13.4. The van der Waals surface area contributed by atoms with E-state index >= 15 is 0 Å². The number of halogens is 3. The SMILES string of the molecule is Cl.Cl.O=C(NC(CCN1CCC2(CC1)CCN(Cc1ccc(Br)cc1)C2=O)c1ccccc1)c1ccccn1. The summed E-state index contributed by atoms with van der Waals surface area (Å²) in [7, 11) is 0. The number of hydrogen-bond donors (Lipinski definition) is 1. The number of amides is 2. The molecule has 2 saturated heterocycles. The van der Waals surface area contributed by atoms with Gasteiger partial charge in [-0.3, -0.25) is 14.6 Å². The number of carbonyl (C=O) groups excluding carboxylic acids is 2. The normalized spacial score (nSPS) is 17.3. The molecule has 3 aromatic rings. The van der Waals surface area contributed by atoms with Crippen molar-refractivity contribution in [2.45, 2.75) is 38.3 Å². The number of carbonyl (C=O) groups is 2. The monoisotopic (exact) mass is 632 g/mol. The van der Waals surface area contributed by atoms with E-state index in [1.165, 1.54) is 5.56 Å². The molecule has 39 heavy (non-hydrogen) atoms. The number of nitrogens with zero attached hydrogens (tertiary/aromatic N) is 3. The standard InChI is InChI=1S/C30H33BrN4O2.2ClH/c31-25-11-9-23(10-12-25)22-35-21-16-30(29(35)37)14-19-34(20-15-30)18-13-26(24-6-2-1-3-7-24)33-28(36)27-8-4-5-17-32-27;;/h1-12,17,26H,13-16,18-22H2,(H,33,36);2*1H. The number of piperidine rings is 1. The molecule has 0 bridgehead atoms. The molecule has 1 atom stereocenters. The maximum Gasteiger partial charge on any atom is 0.270 e. The number of likely N-dealkylation sites (tertiary alicyclic amines) is 2. The van der Waals surface area contributed by atoms with E-state index in [2.05, 4.69) is 55.4 Å². The molecule has 6 nitrogen and oxygen atoms in total. The summed E-state index contributed by atoms with van der Waals surface area (Å²) in [5.74, 6) is 0.161. The summed E-state index contributed by atoms with van der Waals surface area (Å²) in [4.78, 5) is 34.9. The van der Waals surface area contributed by atoms with Gasteiger partial charge in [-0.1, -0.05) is 64.5 Å². The van der Waals surface area contributed by atoms with Gasteiger partial charge in [0, 0.05) is 30.3 Å². The van der Waals surface area contributed by atoms with Gasteiger partial charge in [0.25, 0.3) is 5.91 Å². The van der Waals surface area contributed by atoms with Crippen molar-refractivity contribution in [3.8, 4) is 0 Å². The zero-order valence-corrected chi connectivity index (χ0v) is 25.0. The van der Waals surface area contributed by atoms with E-state index in [-0.39, 0.29) is 42.2 Å². The summed E-state index contributed by atoms with van der Waals surface area (Å²) in [6.07, 6.45) is 5.19. The highest BCUT2D eigenvalue weighted by molar-refractivity contribution is 9.10. The van der Waals surface area contributed by atoms with Crippen LogP contribution < -0.4 is 5.32 Å². The molecule has 5 rings (SSSR count). The molecule has 2 aliphatic heterocycles. The number of hydrogen-bond acceptors (Lipinski definition) is 4. The molecular formula is C30H35BrCl2N4O2. The van der Waals surface area contributed by atoms with Gasteiger partial charge in [0.2, 0.25) is 5.91 Å². The van der Waals surface area contributed by atoms with Crippen LogP contribution in [0.2, 0.25) is 0 Å². The van der Waals surface area contributed by atoms with Crippen LogP contribution in [0.15, 0.2) is 83.5 Å². The lowest BCUT2D eigenvalue weighted by Crippen LogP contribution is -2.45. The minimum Gasteiger partial charge on any atom is -0.344 e. The van der Waals surface area contributed by atoms with Gasteiger partial charge in [0.15, 0.2) is 0 Å². The van der Waals surface area contributed by atoms with Crippen molar-refractivity contribution in [2.75, 3.05) is 26.2 Å². The first-order valence-corrected chi connectivity index (χ1v) is 13.8. The van der Waals surface area contributed by atoms with Gasteiger partial charge in [-0.05, 0) is 74.2 Å². The van der Waals surface area contributed by atoms with Crippen molar-refractivity contribution in [3.05, 3.63) is 100 Å². The van der Waals surface area contributed by atoms with Crippen LogP contribution in [-0.2, 0) is 11.3 Å². The molecule has 2 aromatic carbocycles. The average molecular weight is 634 g/mol. The van der Waals surface area contributed by atoms with E-state index < -0.39 is 0 Å². The average Bonchev–Trinajstić information content (AvgIpc) is 3.23. The molecule has 0 saturated carbocycles. The Morgan fingerprint density at radius 2 is 1.59 bits per heavy atom. The van der Waals surface area contributed by atoms with Crippen molar-refractivity contribution < 1.29 is 9.59 Å². The Bertz CT molecular complexity index is 1210. The molecule has 1 N–H and O–H groups in total. The van der Waals surface area contributed by atoms with Crippen LogP contribution in [0.4, 0.5) is 0 Å². The summed E-state index contributed by atoms with van der Waals surface area (Å²) in [6.45, 7) is 4.22. The smallest absolute Gasteiger partial charge is 0.270 e. The summed E-state index contributed by atoms with van der Waals surface area (Å²) >= 11 is 3.48. The van der Waals surface area contributed by atoms with Crippen LogP contribution in [-0.4, -0.2) is 52.8 Å². The van der Waals surface area contributed by atoms with Crippen molar-refractivity contribution in [3.63, 3.8) is 0 Å². The number of pyridine rings is 1. The maximum atomic E-state index is 13.4. The van der Waals surface area contributed by atoms with Crippen LogP contribution in [0.1, 0.15) is 53.3 Å². The van der Waals surface area contributed by atoms with Crippen molar-refractivity contribution in [2.24, 2.45) is 5.41 Å². The minimum atomic E-state index is -0.210. The third-order valence-corrected chi connectivity index (χ3v) is 8.37. The third kappa shape index (κ3) is 7.60. The van der Waals surface area contributed by atoms with Gasteiger partial charge in [0.1, 0.15) is 5.69 Å². The van der Waals surface area contributed by atoms with Gasteiger partial charge in [-0.25, -0.2) is 0 Å². The number of nitrogens with one attached hydrogen (secondary N) is 1. The summed E-state index contributed by atoms with van der Waals surface area (Å²) in [6, 6.07) is 23.6. The first-order valence-electron chi connectivity index (χ1n) is 13.1. The van der Waals surface area contributed by atoms with Gasteiger partial charge < -0.3 is 15.1 Å². The quantitative estimate of drug-likeness (QED) is 0.327. The van der Waals surface area contributed by atoms with Crippen molar-refractivity contribution in [1.82, 2.24) is 20.1 Å². The Balaban J connectivity index is 0.00000210. The van der Waals surface area contributed by atoms with Crippen molar-refractivity contribution in [1.29, 1.82) is 0 Å². The fourth-order valence-corrected chi connectivity index (χ4v) is 5.84. The molecule has 0 radical (unpaired) electrons. The highest BCUT2D eigenvalue weighted by Crippen LogP contribution is 2.42. The van der Waals surface area contributed by atoms with E-state index in [0.717, 1.165) is 61.9 Å². The fraction of sp³-hybridized carbons (Fsp3) is 0.367. The Morgan fingerprint density at radius 1 is 0.923 bits per heavy atom. The van der Waals surface area contributed by atoms with E-state index in [1.807, 2.05) is 47.4 Å². The summed E-state index contributed by atoms with van der Waals surface area (Å²) in [5.41, 5.74) is 2.48. The molecule has 1 aromatic heterocycles. The highest BCUT2D eigenvalue weighted by Gasteiger charge is 2.47. The van der Waals surface area contributed by atoms with Gasteiger partial charge in [-0.2, -0.15) is 0 Å². The summed E-state index contributed by atoms with van der Waals surface area (Å²) in [5, 5.41) is 3.19. The molecule has 1 unspecified atom stereocenters. The van der Waals surface area contributed by atoms with Crippen LogP contribution in [0.3, 0.4) is 0 Å². The van der Waals surface area contributed by atoms with Crippen LogP contribution in [0.25, 0.3) is 0 Å². The predicted octanol–water partition coefficient (Wildman–Crippen LogP) is 6.06. The van der Waals surface area contributed by atoms with E-state index in [9.17, 15) is 9.59 Å². The second-order valence-electron chi connectivity index (χ2n) is 10.2. The van der Waals surface area contributed by atoms with E-state index in [0.29, 0.717) is 18.1 Å². The van der Waals surface area contributed by atoms with Gasteiger partial charge >= 0.3 is 0 Å². The first kappa shape index (κ1) is 31.1. The molecule has 2 amide bonds. The van der Waals surface area contributed by atoms with Gasteiger partial charge in [0.05, 0.1) is 11.5 Å². The van der Waals surface area contributed by atoms with Crippen molar-refractivity contribution >= 4 is 52.6 Å². The number of benzene rings is 2. The van der Waals surface area contributed by atoms with E-state index in [4.69, 9.17) is 0 Å². The Morgan fingerprint density at radius 3 is 2.26 bits per heavy atom. The van der Waals surface area contributed by atoms with Crippen LogP contribution in [0, 0.1) is 5.41 Å². The molecule has 2 fully saturated rings. The highest BCUT2D eigenvalue weighted by atomic mass is 79.9. The lowest BCUT2D eigenvalue weighted by atomic mass is 9.77. The Hall–Kier alpha value is -2.45. The lowest BCUT2D eigenvalue weighted by Gasteiger charge is -2.38. The number of rotatable bonds is 8. The lowest BCUT2D eigenvalue weighted by molar-refractivity contribution is -0.138. The largest absolute Gasteiger partial charge is 0.344 e. The molecule has 9 heteroatoms. The van der Waals surface area contributed by atoms with Crippen LogP contribution in [0.5, 0.6) is 0 Å². The number of aromatic nitrogens is 1. The molecule has 3 heterocycles. The zero-order valence-electron chi connectivity index (χ0n) is 21.8. The second kappa shape index (κ2) is 14.3. The first-order chi connectivity index (χ1) is 18.0. The third-order valence-electron chi connectivity index (χ3n) is 7.84. The fourth-order valence-electron chi connectivity index (χ4n) is 5.57. The molecule has 208 valence electrons. The zero-order chi connectivity index (χ0) is 25.7. The second-order valence-corrected chi connectivity index (χ2v) is 11.1. The molecule has 1 spiro atoms. The molecular weight excluding hydrogens is 599 g/mol. The van der Waals surface area contributed by atoms with Crippen LogP contribution >= 0.6 is 40.7 Å². The minimum absolute atomic E-state index is 0. The molecule has 2 aliphatic rings. The Kier molecular flexibility index (Phi) is 11.4. The van der Waals surface area contributed by atoms with Gasteiger partial charge in [-0.15, -0.1) is 24.8 Å². The predicted molar refractivity (Wildman–Crippen MR) is 162 cm³/mol. The Labute approximate surface area is 251 Å². The molecule has 0 aliphatic carbocycles. The summed E-state index contributed by atoms with van der Waals surface area (Å²) < 4.78 is 1.05. The van der Waals surface area contributed by atoms with E-state index in [1.54, 1.807) is 12.3 Å².